The second-order valence-corrected chi connectivity index (χ2v) is 7.17. The van der Waals surface area contributed by atoms with Crippen molar-refractivity contribution in [2.45, 2.75) is 32.6 Å². The van der Waals surface area contributed by atoms with Crippen molar-refractivity contribution in [3.8, 4) is 11.5 Å². The highest BCUT2D eigenvalue weighted by Crippen LogP contribution is 2.32. The van der Waals surface area contributed by atoms with E-state index in [1.54, 1.807) is 18.2 Å². The predicted octanol–water partition coefficient (Wildman–Crippen LogP) is 2.56. The van der Waals surface area contributed by atoms with Gasteiger partial charge in [0.2, 0.25) is 6.79 Å². The minimum atomic E-state index is -0.392. The van der Waals surface area contributed by atoms with Crippen molar-refractivity contribution in [2.24, 2.45) is 5.10 Å². The van der Waals surface area contributed by atoms with E-state index in [9.17, 15) is 9.59 Å². The van der Waals surface area contributed by atoms with Crippen molar-refractivity contribution in [1.29, 1.82) is 0 Å². The summed E-state index contributed by atoms with van der Waals surface area (Å²) >= 11 is 0. The second-order valence-electron chi connectivity index (χ2n) is 7.17. The number of benzene rings is 2. The maximum atomic E-state index is 12.2. The SMILES string of the molecule is C/C(=N/NC(=O)CNC(=O)c1ccc2c(c1)OCO2)c1ccc2c(c1)CCCC2. The van der Waals surface area contributed by atoms with Crippen LogP contribution in [0.5, 0.6) is 11.5 Å². The third-order valence-corrected chi connectivity index (χ3v) is 5.16. The molecule has 0 saturated heterocycles. The number of hydrogen-bond donors (Lipinski definition) is 2. The number of nitrogens with zero attached hydrogens (tertiary/aromatic N) is 1. The first kappa shape index (κ1) is 19.0. The normalized spacial score (nSPS) is 14.9. The monoisotopic (exact) mass is 393 g/mol. The standard InChI is InChI=1S/C22H23N3O4/c1-14(16-7-6-15-4-2-3-5-17(15)10-16)24-25-21(26)12-23-22(27)18-8-9-19-20(11-18)29-13-28-19/h6-11H,2-5,12-13H2,1H3,(H,23,27)(H,25,26)/b24-14-. The molecular weight excluding hydrogens is 370 g/mol. The van der Waals surface area contributed by atoms with Gasteiger partial charge in [0, 0.05) is 5.56 Å². The van der Waals surface area contributed by atoms with Crippen molar-refractivity contribution >= 4 is 17.5 Å². The van der Waals surface area contributed by atoms with Crippen LogP contribution in [0.1, 0.15) is 46.8 Å². The minimum absolute atomic E-state index is 0.143. The Morgan fingerprint density at radius 2 is 1.72 bits per heavy atom. The lowest BCUT2D eigenvalue weighted by Crippen LogP contribution is -2.35. The zero-order valence-electron chi connectivity index (χ0n) is 16.3. The molecule has 2 N–H and O–H groups in total. The van der Waals surface area contributed by atoms with Crippen molar-refractivity contribution in [1.82, 2.24) is 10.7 Å². The fourth-order valence-electron chi connectivity index (χ4n) is 3.51. The van der Waals surface area contributed by atoms with Crippen molar-refractivity contribution < 1.29 is 19.1 Å². The van der Waals surface area contributed by atoms with Crippen LogP contribution in [0.4, 0.5) is 0 Å². The van der Waals surface area contributed by atoms with Crippen molar-refractivity contribution in [3.63, 3.8) is 0 Å². The van der Waals surface area contributed by atoms with E-state index in [4.69, 9.17) is 9.47 Å². The van der Waals surface area contributed by atoms with E-state index in [1.165, 1.54) is 24.0 Å². The van der Waals surface area contributed by atoms with E-state index in [-0.39, 0.29) is 19.2 Å². The van der Waals surface area contributed by atoms with Crippen LogP contribution in [0.15, 0.2) is 41.5 Å². The molecule has 7 nitrogen and oxygen atoms in total. The molecule has 2 aliphatic rings. The highest BCUT2D eigenvalue weighted by atomic mass is 16.7. The molecule has 4 rings (SSSR count). The molecule has 29 heavy (non-hydrogen) atoms. The minimum Gasteiger partial charge on any atom is -0.454 e. The van der Waals surface area contributed by atoms with Gasteiger partial charge < -0.3 is 14.8 Å². The lowest BCUT2D eigenvalue weighted by Gasteiger charge is -2.16. The fraction of sp³-hybridized carbons (Fsp3) is 0.318. The van der Waals surface area contributed by atoms with Crippen molar-refractivity contribution in [2.75, 3.05) is 13.3 Å². The van der Waals surface area contributed by atoms with Gasteiger partial charge in [0.1, 0.15) is 0 Å². The van der Waals surface area contributed by atoms with Gasteiger partial charge in [-0.1, -0.05) is 12.1 Å². The Kier molecular flexibility index (Phi) is 5.46. The number of hydrogen-bond acceptors (Lipinski definition) is 5. The molecule has 0 fully saturated rings. The first-order valence-corrected chi connectivity index (χ1v) is 9.73. The molecule has 0 saturated carbocycles. The van der Waals surface area contributed by atoms with E-state index in [0.29, 0.717) is 17.1 Å². The molecule has 2 aromatic rings. The molecule has 1 aliphatic heterocycles. The van der Waals surface area contributed by atoms with Gasteiger partial charge in [-0.05, 0) is 73.6 Å². The first-order valence-electron chi connectivity index (χ1n) is 9.73. The summed E-state index contributed by atoms with van der Waals surface area (Å²) in [5, 5.41) is 6.75. The Morgan fingerprint density at radius 3 is 2.59 bits per heavy atom. The largest absolute Gasteiger partial charge is 0.454 e. The maximum Gasteiger partial charge on any atom is 0.259 e. The number of amides is 2. The topological polar surface area (TPSA) is 89.0 Å². The fourth-order valence-corrected chi connectivity index (χ4v) is 3.51. The highest BCUT2D eigenvalue weighted by Gasteiger charge is 2.16. The van der Waals surface area contributed by atoms with Gasteiger partial charge in [0.05, 0.1) is 12.3 Å². The van der Waals surface area contributed by atoms with Crippen LogP contribution in [0, 0.1) is 0 Å². The molecule has 0 radical (unpaired) electrons. The molecule has 0 aromatic heterocycles. The zero-order valence-corrected chi connectivity index (χ0v) is 16.3. The van der Waals surface area contributed by atoms with Crippen LogP contribution in [-0.4, -0.2) is 30.9 Å². The number of carbonyl (C=O) groups excluding carboxylic acids is 2. The van der Waals surface area contributed by atoms with Crippen molar-refractivity contribution in [3.05, 3.63) is 58.7 Å². The summed E-state index contributed by atoms with van der Waals surface area (Å²) in [6.07, 6.45) is 4.68. The third kappa shape index (κ3) is 4.39. The molecule has 1 aliphatic carbocycles. The summed E-state index contributed by atoms with van der Waals surface area (Å²) in [6, 6.07) is 11.2. The third-order valence-electron chi connectivity index (χ3n) is 5.16. The van der Waals surface area contributed by atoms with E-state index >= 15 is 0 Å². The molecule has 0 bridgehead atoms. The first-order chi connectivity index (χ1) is 14.1. The second kappa shape index (κ2) is 8.34. The van der Waals surface area contributed by atoms with Gasteiger partial charge in [-0.25, -0.2) is 5.43 Å². The van der Waals surface area contributed by atoms with E-state index < -0.39 is 5.91 Å². The molecule has 2 amide bonds. The number of aryl methyl sites for hydroxylation is 2. The molecule has 0 spiro atoms. The predicted molar refractivity (Wildman–Crippen MR) is 108 cm³/mol. The van der Waals surface area contributed by atoms with Crippen LogP contribution in [0.3, 0.4) is 0 Å². The summed E-state index contributed by atoms with van der Waals surface area (Å²) in [7, 11) is 0. The van der Waals surface area contributed by atoms with Crippen LogP contribution in [0.25, 0.3) is 0 Å². The van der Waals surface area contributed by atoms with Gasteiger partial charge in [0.15, 0.2) is 11.5 Å². The Morgan fingerprint density at radius 1 is 0.966 bits per heavy atom. The van der Waals surface area contributed by atoms with Gasteiger partial charge in [0.25, 0.3) is 11.8 Å². The van der Waals surface area contributed by atoms with Crippen LogP contribution < -0.4 is 20.2 Å². The number of hydrazone groups is 1. The summed E-state index contributed by atoms with van der Waals surface area (Å²) in [5.41, 5.74) is 7.40. The Labute approximate surface area is 169 Å². The average Bonchev–Trinajstić information content (AvgIpc) is 3.23. The molecule has 150 valence electrons. The number of rotatable bonds is 5. The van der Waals surface area contributed by atoms with E-state index in [2.05, 4.69) is 28.0 Å². The summed E-state index contributed by atoms with van der Waals surface area (Å²) < 4.78 is 10.5. The Hall–Kier alpha value is -3.35. The van der Waals surface area contributed by atoms with E-state index in [0.717, 1.165) is 24.1 Å². The Bertz CT molecular complexity index is 984. The number of ether oxygens (including phenoxy) is 2. The van der Waals surface area contributed by atoms with E-state index in [1.807, 2.05) is 13.0 Å². The number of fused-ring (bicyclic) bond motifs is 2. The Balaban J connectivity index is 1.31. The summed E-state index contributed by atoms with van der Waals surface area (Å²) in [5.74, 6) is 0.365. The smallest absolute Gasteiger partial charge is 0.259 e. The maximum absolute atomic E-state index is 12.2. The molecular formula is C22H23N3O4. The van der Waals surface area contributed by atoms with Gasteiger partial charge >= 0.3 is 0 Å². The van der Waals surface area contributed by atoms with Crippen LogP contribution in [-0.2, 0) is 17.6 Å². The van der Waals surface area contributed by atoms with Gasteiger partial charge in [-0.2, -0.15) is 5.10 Å². The van der Waals surface area contributed by atoms with Crippen LogP contribution >= 0.6 is 0 Å². The lowest BCUT2D eigenvalue weighted by molar-refractivity contribution is -0.120. The average molecular weight is 393 g/mol. The molecule has 7 heteroatoms. The molecule has 2 aromatic carbocycles. The quantitative estimate of drug-likeness (QED) is 0.604. The lowest BCUT2D eigenvalue weighted by atomic mass is 9.90. The molecule has 1 heterocycles. The zero-order chi connectivity index (χ0) is 20.2. The van der Waals surface area contributed by atoms with Crippen LogP contribution in [0.2, 0.25) is 0 Å². The molecule has 0 atom stereocenters. The summed E-state index contributed by atoms with van der Waals surface area (Å²) in [4.78, 5) is 24.3. The summed E-state index contributed by atoms with van der Waals surface area (Å²) in [6.45, 7) is 1.83. The highest BCUT2D eigenvalue weighted by molar-refractivity contribution is 6.00. The number of carbonyl (C=O) groups is 2. The molecule has 0 unspecified atom stereocenters. The van der Waals surface area contributed by atoms with Gasteiger partial charge in [-0.15, -0.1) is 0 Å². The number of nitrogens with one attached hydrogen (secondary N) is 2. The van der Waals surface area contributed by atoms with Gasteiger partial charge in [-0.3, -0.25) is 9.59 Å².